The number of nitrogens with one attached hydrogen (secondary N) is 1. The maximum absolute atomic E-state index is 13.7. The molecule has 0 bridgehead atoms. The normalized spacial score (nSPS) is 18.3. The highest BCUT2D eigenvalue weighted by molar-refractivity contribution is 5.80. The zero-order valence-electron chi connectivity index (χ0n) is 29.9. The smallest absolute Gasteiger partial charge is 0.223 e. The average molecular weight is 689 g/mol. The Balaban J connectivity index is 1.01. The highest BCUT2D eigenvalue weighted by Crippen LogP contribution is 2.42. The number of ether oxygens (including phenoxy) is 3. The third kappa shape index (κ3) is 7.81. The van der Waals surface area contributed by atoms with E-state index in [1.165, 1.54) is 5.56 Å². The third-order valence-electron chi connectivity index (χ3n) is 10.5. The number of amides is 1. The SMILES string of the molecule is COc1cc(CN2CC(CCN3CCC(Nc4nc5ccccc5n4Cc4ccccn4)CC3)(Cc3ccccc3)CC2=O)cc(OC)c1OC. The number of methoxy groups -OCH3 is 3. The Morgan fingerprint density at radius 2 is 1.57 bits per heavy atom. The molecule has 2 aliphatic heterocycles. The summed E-state index contributed by atoms with van der Waals surface area (Å²) in [6.07, 6.45) is 6.27. The molecule has 0 aliphatic carbocycles. The molecule has 0 saturated carbocycles. The lowest BCUT2D eigenvalue weighted by Crippen LogP contribution is -2.42. The van der Waals surface area contributed by atoms with Gasteiger partial charge in [0.15, 0.2) is 11.5 Å². The molecule has 1 atom stereocenters. The second kappa shape index (κ2) is 15.4. The van der Waals surface area contributed by atoms with Crippen LogP contribution in [-0.4, -0.2) is 83.8 Å². The molecule has 5 aromatic rings. The summed E-state index contributed by atoms with van der Waals surface area (Å²) in [5.41, 5.74) is 5.19. The van der Waals surface area contributed by atoms with Crippen LogP contribution >= 0.6 is 0 Å². The van der Waals surface area contributed by atoms with Gasteiger partial charge in [-0.05, 0) is 79.8 Å². The number of likely N-dealkylation sites (tertiary alicyclic amines) is 2. The molecule has 2 fully saturated rings. The Morgan fingerprint density at radius 3 is 2.27 bits per heavy atom. The van der Waals surface area contributed by atoms with Crippen molar-refractivity contribution in [1.82, 2.24) is 24.3 Å². The van der Waals surface area contributed by atoms with Gasteiger partial charge in [0, 0.05) is 50.3 Å². The zero-order chi connectivity index (χ0) is 35.2. The van der Waals surface area contributed by atoms with Gasteiger partial charge in [-0.25, -0.2) is 4.98 Å². The van der Waals surface area contributed by atoms with Gasteiger partial charge in [0.2, 0.25) is 17.6 Å². The molecule has 4 heterocycles. The zero-order valence-corrected chi connectivity index (χ0v) is 29.9. The number of carbonyl (C=O) groups is 1. The summed E-state index contributed by atoms with van der Waals surface area (Å²) < 4.78 is 19.0. The van der Waals surface area contributed by atoms with Crippen LogP contribution in [0.2, 0.25) is 0 Å². The van der Waals surface area contributed by atoms with Crippen LogP contribution in [0.25, 0.3) is 11.0 Å². The van der Waals surface area contributed by atoms with E-state index in [0.717, 1.165) is 73.6 Å². The number of piperidine rings is 1. The van der Waals surface area contributed by atoms with Gasteiger partial charge >= 0.3 is 0 Å². The van der Waals surface area contributed by atoms with E-state index in [2.05, 4.69) is 74.4 Å². The molecule has 266 valence electrons. The first kappa shape index (κ1) is 34.4. The summed E-state index contributed by atoms with van der Waals surface area (Å²) in [7, 11) is 4.83. The van der Waals surface area contributed by atoms with Gasteiger partial charge in [0.05, 0.1) is 44.6 Å². The minimum Gasteiger partial charge on any atom is -0.493 e. The van der Waals surface area contributed by atoms with Crippen LogP contribution in [0.4, 0.5) is 5.95 Å². The number of carbonyl (C=O) groups excluding carboxylic acids is 1. The predicted octanol–water partition coefficient (Wildman–Crippen LogP) is 6.43. The minimum absolute atomic E-state index is 0.148. The fraction of sp³-hybridized carbons (Fsp3) is 0.390. The molecule has 2 aromatic heterocycles. The molecule has 1 unspecified atom stereocenters. The monoisotopic (exact) mass is 688 g/mol. The van der Waals surface area contributed by atoms with Crippen LogP contribution in [0.3, 0.4) is 0 Å². The van der Waals surface area contributed by atoms with Crippen molar-refractivity contribution in [2.75, 3.05) is 52.8 Å². The highest BCUT2D eigenvalue weighted by Gasteiger charge is 2.43. The van der Waals surface area contributed by atoms with Gasteiger partial charge < -0.3 is 33.9 Å². The average Bonchev–Trinajstić information content (AvgIpc) is 3.66. The van der Waals surface area contributed by atoms with Crippen molar-refractivity contribution in [1.29, 1.82) is 0 Å². The van der Waals surface area contributed by atoms with Gasteiger partial charge in [-0.1, -0.05) is 48.5 Å². The Morgan fingerprint density at radius 1 is 0.843 bits per heavy atom. The second-order valence-corrected chi connectivity index (χ2v) is 14.0. The molecule has 0 radical (unpaired) electrons. The number of benzene rings is 3. The van der Waals surface area contributed by atoms with Gasteiger partial charge in [-0.2, -0.15) is 0 Å². The second-order valence-electron chi connectivity index (χ2n) is 14.0. The van der Waals surface area contributed by atoms with Gasteiger partial charge in [-0.15, -0.1) is 0 Å². The van der Waals surface area contributed by atoms with E-state index in [9.17, 15) is 4.79 Å². The molecule has 2 saturated heterocycles. The first-order valence-electron chi connectivity index (χ1n) is 17.9. The Hall–Kier alpha value is -5.09. The summed E-state index contributed by atoms with van der Waals surface area (Å²) in [4.78, 5) is 27.8. The van der Waals surface area contributed by atoms with E-state index in [4.69, 9.17) is 19.2 Å². The summed E-state index contributed by atoms with van der Waals surface area (Å²) in [5.74, 6) is 2.83. The van der Waals surface area contributed by atoms with Crippen LogP contribution in [0.1, 0.15) is 42.5 Å². The molecular weight excluding hydrogens is 640 g/mol. The lowest BCUT2D eigenvalue weighted by Gasteiger charge is -2.36. The molecule has 0 spiro atoms. The molecule has 10 heteroatoms. The van der Waals surface area contributed by atoms with Crippen LogP contribution in [0.15, 0.2) is 91.1 Å². The Bertz CT molecular complexity index is 1900. The Kier molecular flexibility index (Phi) is 10.4. The van der Waals surface area contributed by atoms with Crippen LogP contribution in [-0.2, 0) is 24.3 Å². The number of nitrogens with zero attached hydrogens (tertiary/aromatic N) is 5. The number of anilines is 1. The number of para-hydroxylation sites is 2. The molecule has 2 aliphatic rings. The summed E-state index contributed by atoms with van der Waals surface area (Å²) in [6.45, 7) is 4.84. The Labute approximate surface area is 300 Å². The predicted molar refractivity (Wildman–Crippen MR) is 199 cm³/mol. The number of imidazole rings is 1. The molecule has 51 heavy (non-hydrogen) atoms. The summed E-state index contributed by atoms with van der Waals surface area (Å²) in [5, 5.41) is 3.80. The van der Waals surface area contributed by atoms with Crippen molar-refractivity contribution in [3.8, 4) is 17.2 Å². The largest absolute Gasteiger partial charge is 0.493 e. The first-order chi connectivity index (χ1) is 25.0. The van der Waals surface area contributed by atoms with Crippen molar-refractivity contribution >= 4 is 22.9 Å². The van der Waals surface area contributed by atoms with E-state index in [1.54, 1.807) is 21.3 Å². The molecular formula is C41H48N6O4. The minimum atomic E-state index is -0.148. The molecule has 10 nitrogen and oxygen atoms in total. The van der Waals surface area contributed by atoms with E-state index in [1.807, 2.05) is 41.4 Å². The van der Waals surface area contributed by atoms with Crippen molar-refractivity contribution in [3.63, 3.8) is 0 Å². The molecule has 1 N–H and O–H groups in total. The molecule has 7 rings (SSSR count). The number of rotatable bonds is 14. The quantitative estimate of drug-likeness (QED) is 0.143. The number of fused-ring (bicyclic) bond motifs is 1. The van der Waals surface area contributed by atoms with E-state index in [-0.39, 0.29) is 11.3 Å². The standard InChI is InChI=1S/C41H48N6O4/c1-49-36-23-31(24-37(50-2)39(36)51-3)27-46-29-41(26-38(46)48,25-30-11-5-4-6-12-30)18-22-45-20-16-32(17-21-45)43-40-44-34-14-7-8-15-35(34)47(40)28-33-13-9-10-19-42-33/h4-15,19,23-24,32H,16-18,20-22,25-29H2,1-3H3,(H,43,44). The maximum Gasteiger partial charge on any atom is 0.223 e. The maximum atomic E-state index is 13.7. The van der Waals surface area contributed by atoms with Crippen molar-refractivity contribution in [3.05, 3.63) is 108 Å². The van der Waals surface area contributed by atoms with Crippen molar-refractivity contribution in [2.45, 2.75) is 51.2 Å². The summed E-state index contributed by atoms with van der Waals surface area (Å²) >= 11 is 0. The molecule has 1 amide bonds. The number of hydrogen-bond donors (Lipinski definition) is 1. The van der Waals surface area contributed by atoms with E-state index < -0.39 is 0 Å². The lowest BCUT2D eigenvalue weighted by atomic mass is 9.77. The topological polar surface area (TPSA) is 94.0 Å². The van der Waals surface area contributed by atoms with Gasteiger partial charge in [-0.3, -0.25) is 9.78 Å². The number of aromatic nitrogens is 3. The van der Waals surface area contributed by atoms with E-state index in [0.29, 0.717) is 49.3 Å². The highest BCUT2D eigenvalue weighted by atomic mass is 16.5. The van der Waals surface area contributed by atoms with Crippen LogP contribution in [0.5, 0.6) is 17.2 Å². The van der Waals surface area contributed by atoms with Crippen LogP contribution in [0, 0.1) is 5.41 Å². The number of hydrogen-bond acceptors (Lipinski definition) is 8. The van der Waals surface area contributed by atoms with Crippen LogP contribution < -0.4 is 19.5 Å². The fourth-order valence-electron chi connectivity index (χ4n) is 7.85. The molecule has 3 aromatic carbocycles. The fourth-order valence-corrected chi connectivity index (χ4v) is 7.85. The van der Waals surface area contributed by atoms with Gasteiger partial charge in [0.25, 0.3) is 0 Å². The van der Waals surface area contributed by atoms with Crippen molar-refractivity contribution in [2.24, 2.45) is 5.41 Å². The summed E-state index contributed by atoms with van der Waals surface area (Å²) in [6, 6.07) is 29.2. The first-order valence-corrected chi connectivity index (χ1v) is 17.9. The van der Waals surface area contributed by atoms with E-state index >= 15 is 0 Å². The third-order valence-corrected chi connectivity index (χ3v) is 10.5. The lowest BCUT2D eigenvalue weighted by molar-refractivity contribution is -0.128. The van der Waals surface area contributed by atoms with Crippen molar-refractivity contribution < 1.29 is 19.0 Å². The van der Waals surface area contributed by atoms with Gasteiger partial charge in [0.1, 0.15) is 0 Å². The number of pyridine rings is 1.